The average molecular weight is 362 g/mol. The van der Waals surface area contributed by atoms with Crippen LogP contribution in [0.3, 0.4) is 0 Å². The first kappa shape index (κ1) is 16.6. The van der Waals surface area contributed by atoms with E-state index in [0.29, 0.717) is 5.56 Å². The van der Waals surface area contributed by atoms with Crippen LogP contribution >= 0.6 is 11.3 Å². The van der Waals surface area contributed by atoms with Crippen molar-refractivity contribution in [3.63, 3.8) is 0 Å². The molecule has 4 heterocycles. The van der Waals surface area contributed by atoms with Gasteiger partial charge in [-0.1, -0.05) is 12.1 Å². The van der Waals surface area contributed by atoms with Gasteiger partial charge < -0.3 is 0 Å². The number of pyridine rings is 2. The van der Waals surface area contributed by atoms with Crippen LogP contribution in [0.15, 0.2) is 54.2 Å². The van der Waals surface area contributed by atoms with Crippen LogP contribution in [-0.4, -0.2) is 25.5 Å². The first-order valence-corrected chi connectivity index (χ1v) is 9.36. The largest absolute Gasteiger partial charge is 0.294 e. The molecule has 0 radical (unpaired) electrons. The molecule has 0 unspecified atom stereocenters. The van der Waals surface area contributed by atoms with Crippen LogP contribution in [0.1, 0.15) is 35.9 Å². The van der Waals surface area contributed by atoms with E-state index in [9.17, 15) is 4.79 Å². The van der Waals surface area contributed by atoms with Gasteiger partial charge in [0.1, 0.15) is 0 Å². The zero-order chi connectivity index (χ0) is 18.1. The van der Waals surface area contributed by atoms with E-state index < -0.39 is 0 Å². The summed E-state index contributed by atoms with van der Waals surface area (Å²) in [6, 6.07) is 11.7. The number of hydrogen-bond donors (Lipinski definition) is 0. The van der Waals surface area contributed by atoms with E-state index in [2.05, 4.69) is 23.9 Å². The number of Topliss-reactive ketones (excluding diaryl/α,β-unsaturated/α-hetero) is 1. The number of carbonyl (C=O) groups excluding carboxylic acids is 1. The summed E-state index contributed by atoms with van der Waals surface area (Å²) in [7, 11) is 0. The molecule has 0 N–H and O–H groups in total. The third kappa shape index (κ3) is 3.04. The Bertz CT molecular complexity index is 1050. The predicted octanol–water partition coefficient (Wildman–Crippen LogP) is 4.56. The summed E-state index contributed by atoms with van der Waals surface area (Å²) in [6.07, 6.45) is 3.71. The fraction of sp³-hybridized carbons (Fsp3) is 0.200. The van der Waals surface area contributed by atoms with Crippen molar-refractivity contribution < 1.29 is 4.79 Å². The van der Waals surface area contributed by atoms with E-state index in [1.54, 1.807) is 23.7 Å². The monoisotopic (exact) mass is 362 g/mol. The Morgan fingerprint density at radius 1 is 1.23 bits per heavy atom. The van der Waals surface area contributed by atoms with Gasteiger partial charge in [-0.15, -0.1) is 11.3 Å². The highest BCUT2D eigenvalue weighted by molar-refractivity contribution is 7.13. The molecule has 0 spiro atoms. The summed E-state index contributed by atoms with van der Waals surface area (Å²) < 4.78 is 1.87. The number of thiophene rings is 1. The molecule has 0 aliphatic rings. The molecule has 0 aromatic carbocycles. The molecule has 4 rings (SSSR count). The minimum atomic E-state index is 0.0252. The number of fused-ring (bicyclic) bond motifs is 1. The van der Waals surface area contributed by atoms with Gasteiger partial charge in [0.2, 0.25) is 0 Å². The van der Waals surface area contributed by atoms with E-state index in [4.69, 9.17) is 4.98 Å². The molecule has 0 aliphatic heterocycles. The Morgan fingerprint density at radius 2 is 2.12 bits per heavy atom. The lowest BCUT2D eigenvalue weighted by Crippen LogP contribution is -2.08. The average Bonchev–Trinajstić information content (AvgIpc) is 3.31. The van der Waals surface area contributed by atoms with Gasteiger partial charge in [-0.05, 0) is 43.5 Å². The molecule has 4 aromatic heterocycles. The van der Waals surface area contributed by atoms with Gasteiger partial charge in [-0.25, -0.2) is 9.67 Å². The number of ketones is 1. The highest BCUT2D eigenvalue weighted by Crippen LogP contribution is 2.29. The highest BCUT2D eigenvalue weighted by Gasteiger charge is 2.19. The molecule has 6 heteroatoms. The van der Waals surface area contributed by atoms with Gasteiger partial charge in [-0.2, -0.15) is 5.10 Å². The summed E-state index contributed by atoms with van der Waals surface area (Å²) in [5.74, 6) is 0.0252. The molecule has 0 saturated carbocycles. The molecule has 0 saturated heterocycles. The van der Waals surface area contributed by atoms with E-state index in [0.717, 1.165) is 27.3 Å². The van der Waals surface area contributed by atoms with Crippen molar-refractivity contribution in [2.75, 3.05) is 0 Å². The number of nitrogens with zero attached hydrogens (tertiary/aromatic N) is 4. The third-order valence-electron chi connectivity index (χ3n) is 4.20. The molecular weight excluding hydrogens is 344 g/mol. The molecular formula is C20H18N4OS. The van der Waals surface area contributed by atoms with E-state index >= 15 is 0 Å². The predicted molar refractivity (Wildman–Crippen MR) is 103 cm³/mol. The molecule has 0 fully saturated rings. The van der Waals surface area contributed by atoms with Gasteiger partial charge in [-0.3, -0.25) is 9.78 Å². The fourth-order valence-corrected chi connectivity index (χ4v) is 3.63. The Hall–Kier alpha value is -2.86. The Morgan fingerprint density at radius 3 is 2.81 bits per heavy atom. The number of rotatable bonds is 5. The maximum absolute atomic E-state index is 13.0. The van der Waals surface area contributed by atoms with Crippen LogP contribution < -0.4 is 0 Å². The Labute approximate surface area is 155 Å². The number of aromatic nitrogens is 4. The summed E-state index contributed by atoms with van der Waals surface area (Å²) in [6.45, 7) is 4.11. The zero-order valence-corrected chi connectivity index (χ0v) is 15.4. The molecule has 0 amide bonds. The Kier molecular flexibility index (Phi) is 4.34. The lowest BCUT2D eigenvalue weighted by molar-refractivity contribution is 0.0993. The van der Waals surface area contributed by atoms with Crippen LogP contribution in [0, 0.1) is 0 Å². The third-order valence-corrected chi connectivity index (χ3v) is 5.09. The minimum absolute atomic E-state index is 0.0252. The first-order valence-electron chi connectivity index (χ1n) is 8.48. The van der Waals surface area contributed by atoms with Crippen molar-refractivity contribution in [1.29, 1.82) is 0 Å². The summed E-state index contributed by atoms with van der Waals surface area (Å²) >= 11 is 1.61. The van der Waals surface area contributed by atoms with E-state index in [1.807, 2.05) is 46.5 Å². The summed E-state index contributed by atoms with van der Waals surface area (Å²) in [5.41, 5.74) is 2.96. The second kappa shape index (κ2) is 6.80. The number of hydrogen-bond acceptors (Lipinski definition) is 5. The van der Waals surface area contributed by atoms with Gasteiger partial charge in [0.25, 0.3) is 0 Å². The van der Waals surface area contributed by atoms with Crippen LogP contribution in [-0.2, 0) is 6.42 Å². The van der Waals surface area contributed by atoms with Crippen molar-refractivity contribution in [1.82, 2.24) is 19.7 Å². The maximum Gasteiger partial charge on any atom is 0.169 e. The van der Waals surface area contributed by atoms with Gasteiger partial charge >= 0.3 is 0 Å². The molecule has 0 atom stereocenters. The van der Waals surface area contributed by atoms with Crippen molar-refractivity contribution in [2.24, 2.45) is 0 Å². The van der Waals surface area contributed by atoms with Crippen molar-refractivity contribution in [3.05, 3.63) is 65.4 Å². The first-order chi connectivity index (χ1) is 12.6. The maximum atomic E-state index is 13.0. The second-order valence-corrected chi connectivity index (χ2v) is 7.32. The fourth-order valence-electron chi connectivity index (χ4n) is 2.94. The van der Waals surface area contributed by atoms with Gasteiger partial charge in [0.05, 0.1) is 23.2 Å². The molecule has 0 bridgehead atoms. The zero-order valence-electron chi connectivity index (χ0n) is 14.6. The van der Waals surface area contributed by atoms with Crippen molar-refractivity contribution >= 4 is 28.2 Å². The molecule has 130 valence electrons. The SMILES string of the molecule is CC(C)n1ncc2c(C(=O)Cc3ccccn3)cc(-c3cccs3)nc21. The molecule has 4 aromatic rings. The summed E-state index contributed by atoms with van der Waals surface area (Å²) in [4.78, 5) is 23.1. The second-order valence-electron chi connectivity index (χ2n) is 6.37. The van der Waals surface area contributed by atoms with Crippen molar-refractivity contribution in [3.8, 4) is 10.6 Å². The van der Waals surface area contributed by atoms with E-state index in [1.165, 1.54) is 0 Å². The lowest BCUT2D eigenvalue weighted by Gasteiger charge is -2.09. The number of carbonyl (C=O) groups is 1. The normalized spacial score (nSPS) is 11.3. The summed E-state index contributed by atoms with van der Waals surface area (Å²) in [5, 5.41) is 7.26. The van der Waals surface area contributed by atoms with Crippen LogP contribution in [0.4, 0.5) is 0 Å². The molecule has 5 nitrogen and oxygen atoms in total. The van der Waals surface area contributed by atoms with Crippen LogP contribution in [0.2, 0.25) is 0 Å². The quantitative estimate of drug-likeness (QED) is 0.488. The smallest absolute Gasteiger partial charge is 0.169 e. The minimum Gasteiger partial charge on any atom is -0.294 e. The van der Waals surface area contributed by atoms with Gasteiger partial charge in [0, 0.05) is 28.9 Å². The van der Waals surface area contributed by atoms with Gasteiger partial charge in [0.15, 0.2) is 11.4 Å². The van der Waals surface area contributed by atoms with E-state index in [-0.39, 0.29) is 18.2 Å². The standard InChI is InChI=1S/C20H18N4OS/c1-13(2)24-20-16(12-22-24)15(11-17(23-20)19-7-5-9-26-19)18(25)10-14-6-3-4-8-21-14/h3-9,11-13H,10H2,1-2H3. The molecule has 0 aliphatic carbocycles. The van der Waals surface area contributed by atoms with Crippen LogP contribution in [0.25, 0.3) is 21.6 Å². The van der Waals surface area contributed by atoms with Crippen LogP contribution in [0.5, 0.6) is 0 Å². The Balaban J connectivity index is 1.85. The molecule has 26 heavy (non-hydrogen) atoms. The highest BCUT2D eigenvalue weighted by atomic mass is 32.1. The lowest BCUT2D eigenvalue weighted by atomic mass is 10.0. The van der Waals surface area contributed by atoms with Crippen molar-refractivity contribution in [2.45, 2.75) is 26.3 Å². The topological polar surface area (TPSA) is 60.7 Å².